The van der Waals surface area contributed by atoms with Crippen molar-refractivity contribution < 1.29 is 17.9 Å². The van der Waals surface area contributed by atoms with Crippen LogP contribution in [0.5, 0.6) is 5.75 Å². The number of benzene rings is 3. The van der Waals surface area contributed by atoms with E-state index in [1.165, 1.54) is 11.4 Å². The first kappa shape index (κ1) is 30.6. The Morgan fingerprint density at radius 2 is 1.77 bits per heavy atom. The van der Waals surface area contributed by atoms with Crippen molar-refractivity contribution in [2.75, 3.05) is 58.5 Å². The Morgan fingerprint density at radius 1 is 1.00 bits per heavy atom. The third-order valence-corrected chi connectivity index (χ3v) is 10.0. The molecule has 43 heavy (non-hydrogen) atoms. The van der Waals surface area contributed by atoms with Crippen LogP contribution in [0.15, 0.2) is 88.8 Å². The molecule has 4 aromatic rings. The van der Waals surface area contributed by atoms with Crippen molar-refractivity contribution in [1.82, 2.24) is 24.3 Å². The van der Waals surface area contributed by atoms with Gasteiger partial charge in [0.25, 0.3) is 5.91 Å². The van der Waals surface area contributed by atoms with Gasteiger partial charge in [-0.1, -0.05) is 24.3 Å². The van der Waals surface area contributed by atoms with Crippen LogP contribution in [0.25, 0.3) is 5.69 Å². The zero-order valence-electron chi connectivity index (χ0n) is 24.5. The average Bonchev–Trinajstić information content (AvgIpc) is 3.49. The van der Waals surface area contributed by atoms with Crippen LogP contribution in [-0.2, 0) is 16.4 Å². The summed E-state index contributed by atoms with van der Waals surface area (Å²) in [7, 11) is -0.216. The fourth-order valence-electron chi connectivity index (χ4n) is 4.92. The van der Waals surface area contributed by atoms with Crippen molar-refractivity contribution >= 4 is 39.2 Å². The van der Waals surface area contributed by atoms with Gasteiger partial charge in [-0.2, -0.15) is 9.40 Å². The summed E-state index contributed by atoms with van der Waals surface area (Å²) >= 11 is 1.56. The summed E-state index contributed by atoms with van der Waals surface area (Å²) in [6.45, 7) is 2.62. The highest BCUT2D eigenvalue weighted by Crippen LogP contribution is 2.29. The number of sulfonamides is 1. The van der Waals surface area contributed by atoms with Gasteiger partial charge in [0.15, 0.2) is 0 Å². The fourth-order valence-corrected chi connectivity index (χ4v) is 6.92. The second kappa shape index (κ2) is 13.6. The number of thioether (sulfide) groups is 1. The first-order valence-corrected chi connectivity index (χ1v) is 16.6. The highest BCUT2D eigenvalue weighted by Gasteiger charge is 2.30. The van der Waals surface area contributed by atoms with Crippen LogP contribution in [0.2, 0.25) is 0 Å². The molecule has 0 aliphatic carbocycles. The monoisotopic (exact) mass is 620 g/mol. The molecule has 2 heterocycles. The molecule has 2 N–H and O–H groups in total. The van der Waals surface area contributed by atoms with E-state index in [1.54, 1.807) is 40.8 Å². The Hall–Kier alpha value is -3.84. The minimum Gasteiger partial charge on any atom is -0.495 e. The van der Waals surface area contributed by atoms with E-state index in [0.717, 1.165) is 22.0 Å². The number of hydrogen-bond acceptors (Lipinski definition) is 8. The lowest BCUT2D eigenvalue weighted by molar-refractivity contribution is 0.0954. The summed E-state index contributed by atoms with van der Waals surface area (Å²) in [5.74, 6) is 0.818. The number of aromatic nitrogens is 2. The van der Waals surface area contributed by atoms with E-state index in [1.807, 2.05) is 67.9 Å². The summed E-state index contributed by atoms with van der Waals surface area (Å²) in [6.07, 6.45) is 4.18. The van der Waals surface area contributed by atoms with Gasteiger partial charge >= 0.3 is 0 Å². The number of para-hydroxylation sites is 1. The number of hydrogen-bond donors (Lipinski definition) is 2. The zero-order valence-corrected chi connectivity index (χ0v) is 26.1. The molecule has 226 valence electrons. The molecule has 0 saturated carbocycles. The van der Waals surface area contributed by atoms with Crippen LogP contribution >= 0.6 is 11.8 Å². The lowest BCUT2D eigenvalue weighted by Crippen LogP contribution is -2.47. The zero-order chi connectivity index (χ0) is 30.4. The van der Waals surface area contributed by atoms with Crippen molar-refractivity contribution in [2.45, 2.75) is 16.2 Å². The van der Waals surface area contributed by atoms with Crippen LogP contribution < -0.4 is 15.4 Å². The fraction of sp³-hybridized carbons (Fsp3) is 0.290. The first-order valence-electron chi connectivity index (χ1n) is 14.0. The topological polar surface area (TPSA) is 109 Å². The van der Waals surface area contributed by atoms with E-state index in [4.69, 9.17) is 4.74 Å². The van der Waals surface area contributed by atoms with Crippen molar-refractivity contribution in [3.63, 3.8) is 0 Å². The molecule has 0 atom stereocenters. The molecule has 0 spiro atoms. The van der Waals surface area contributed by atoms with Gasteiger partial charge in [0.2, 0.25) is 10.0 Å². The van der Waals surface area contributed by atoms with Gasteiger partial charge in [-0.05, 0) is 67.8 Å². The number of nitrogens with one attached hydrogen (secondary N) is 2. The molecule has 1 aliphatic rings. The summed E-state index contributed by atoms with van der Waals surface area (Å²) in [4.78, 5) is 16.7. The summed E-state index contributed by atoms with van der Waals surface area (Å²) in [6, 6.07) is 22.5. The largest absolute Gasteiger partial charge is 0.495 e. The Balaban J connectivity index is 1.28. The van der Waals surface area contributed by atoms with Crippen LogP contribution in [0.1, 0.15) is 15.9 Å². The van der Waals surface area contributed by atoms with E-state index in [0.29, 0.717) is 56.1 Å². The number of methoxy groups -OCH3 is 1. The predicted molar refractivity (Wildman–Crippen MR) is 170 cm³/mol. The summed E-state index contributed by atoms with van der Waals surface area (Å²) in [5, 5.41) is 10.8. The normalized spacial score (nSPS) is 14.4. The number of piperazine rings is 1. The van der Waals surface area contributed by atoms with Gasteiger partial charge in [0, 0.05) is 43.7 Å². The highest BCUT2D eigenvalue weighted by molar-refractivity contribution is 7.98. The molecule has 10 nitrogen and oxygen atoms in total. The minimum atomic E-state index is -3.67. The number of carbonyl (C=O) groups is 1. The molecule has 0 unspecified atom stereocenters. The van der Waals surface area contributed by atoms with Gasteiger partial charge in [0.05, 0.1) is 30.2 Å². The maximum absolute atomic E-state index is 13.4. The number of rotatable bonds is 11. The first-order chi connectivity index (χ1) is 20.8. The molecular formula is C31H36N6O4S2. The Bertz CT molecular complexity index is 1670. The molecule has 12 heteroatoms. The van der Waals surface area contributed by atoms with E-state index in [-0.39, 0.29) is 10.8 Å². The lowest BCUT2D eigenvalue weighted by atomic mass is 10.1. The maximum atomic E-state index is 13.4. The second-order valence-corrected chi connectivity index (χ2v) is 13.0. The molecule has 0 bridgehead atoms. The Kier molecular flexibility index (Phi) is 9.71. The van der Waals surface area contributed by atoms with Crippen molar-refractivity contribution in [2.24, 2.45) is 0 Å². The van der Waals surface area contributed by atoms with Gasteiger partial charge in [0.1, 0.15) is 16.5 Å². The molecular weight excluding hydrogens is 585 g/mol. The van der Waals surface area contributed by atoms with Gasteiger partial charge in [-0.25, -0.2) is 13.1 Å². The maximum Gasteiger partial charge on any atom is 0.253 e. The van der Waals surface area contributed by atoms with Crippen molar-refractivity contribution in [3.8, 4) is 11.4 Å². The van der Waals surface area contributed by atoms with E-state index in [9.17, 15) is 13.2 Å². The molecule has 3 aromatic carbocycles. The number of likely N-dealkylation sites (N-methyl/N-ethyl adjacent to an activating group) is 1. The lowest BCUT2D eigenvalue weighted by Gasteiger charge is -2.31. The van der Waals surface area contributed by atoms with Crippen LogP contribution in [-0.4, -0.2) is 86.4 Å². The molecule has 0 radical (unpaired) electrons. The number of ether oxygens (including phenoxy) is 1. The number of carbonyl (C=O) groups excluding carboxylic acids is 1. The average molecular weight is 621 g/mol. The molecule has 1 aliphatic heterocycles. The highest BCUT2D eigenvalue weighted by atomic mass is 32.2. The molecule has 1 saturated heterocycles. The van der Waals surface area contributed by atoms with Crippen molar-refractivity contribution in [1.29, 1.82) is 0 Å². The number of anilines is 2. The summed E-state index contributed by atoms with van der Waals surface area (Å²) in [5.41, 5.74) is 2.93. The van der Waals surface area contributed by atoms with Crippen LogP contribution in [0.3, 0.4) is 0 Å². The predicted octanol–water partition coefficient (Wildman–Crippen LogP) is 4.26. The van der Waals surface area contributed by atoms with Gasteiger partial charge in [-0.3, -0.25) is 4.79 Å². The quantitative estimate of drug-likeness (QED) is 0.240. The third-order valence-electron chi connectivity index (χ3n) is 7.38. The van der Waals surface area contributed by atoms with E-state index >= 15 is 0 Å². The van der Waals surface area contributed by atoms with Gasteiger partial charge in [-0.15, -0.1) is 11.8 Å². The number of amides is 1. The second-order valence-electron chi connectivity index (χ2n) is 10.2. The smallest absolute Gasteiger partial charge is 0.253 e. The van der Waals surface area contributed by atoms with Crippen molar-refractivity contribution in [3.05, 3.63) is 90.1 Å². The molecule has 1 amide bonds. The summed E-state index contributed by atoms with van der Waals surface area (Å²) < 4.78 is 35.4. The SMILES string of the molecule is COc1cc(CCNC(=O)c2cc(SC)ccc2Nc2ccnn2-c2ccccc2)ccc1S(=O)(=O)N1CCN(C)CC1. The molecule has 1 aromatic heterocycles. The Morgan fingerprint density at radius 3 is 2.49 bits per heavy atom. The third kappa shape index (κ3) is 7.04. The minimum absolute atomic E-state index is 0.159. The van der Waals surface area contributed by atoms with Crippen LogP contribution in [0.4, 0.5) is 11.5 Å². The standard InChI is InChI=1S/C31H36N6O4S2/c1-35-17-19-36(20-18-35)43(39,40)29-12-9-23(21-28(29)41-2)13-15-32-31(38)26-22-25(42-3)10-11-27(26)34-30-14-16-33-37(30)24-7-5-4-6-8-24/h4-12,14,16,21-22,34H,13,15,17-20H2,1-3H3,(H,32,38). The number of nitrogens with zero attached hydrogens (tertiary/aromatic N) is 4. The molecule has 5 rings (SSSR count). The Labute approximate surface area is 257 Å². The van der Waals surface area contributed by atoms with Crippen LogP contribution in [0, 0.1) is 0 Å². The van der Waals surface area contributed by atoms with E-state index in [2.05, 4.69) is 20.6 Å². The van der Waals surface area contributed by atoms with E-state index < -0.39 is 10.0 Å². The molecule has 1 fully saturated rings. The van der Waals surface area contributed by atoms with Gasteiger partial charge < -0.3 is 20.3 Å².